The first-order valence-corrected chi connectivity index (χ1v) is 21.4. The van der Waals surface area contributed by atoms with Crippen LogP contribution >= 0.6 is 0 Å². The Morgan fingerprint density at radius 2 is 1.00 bits per heavy atom. The third-order valence-electron chi connectivity index (χ3n) is 7.82. The van der Waals surface area contributed by atoms with Gasteiger partial charge in [-0.2, -0.15) is 0 Å². The summed E-state index contributed by atoms with van der Waals surface area (Å²) in [6.45, 7) is 22.6. The molecule has 3 rings (SSSR count). The van der Waals surface area contributed by atoms with E-state index in [-0.39, 0.29) is 23.9 Å². The Balaban J connectivity index is 1.95. The van der Waals surface area contributed by atoms with Crippen LogP contribution in [-0.2, 0) is 0 Å². The zero-order valence-electron chi connectivity index (χ0n) is 25.4. The van der Waals surface area contributed by atoms with Gasteiger partial charge in [0.1, 0.15) is 11.5 Å². The first kappa shape index (κ1) is 30.4. The van der Waals surface area contributed by atoms with Crippen LogP contribution in [0.4, 0.5) is 0 Å². The normalized spacial score (nSPS) is 19.4. The molecule has 1 aliphatic rings. The Bertz CT molecular complexity index is 1090. The van der Waals surface area contributed by atoms with E-state index in [1.165, 1.54) is 10.4 Å². The maximum Gasteiger partial charge on any atom is 0.127 e. The highest BCUT2D eigenvalue weighted by molar-refractivity contribution is 6.89. The van der Waals surface area contributed by atoms with Crippen LogP contribution in [0.1, 0.15) is 87.5 Å². The Morgan fingerprint density at radius 3 is 1.29 bits per heavy atom. The molecule has 2 aromatic carbocycles. The molecule has 1 aliphatic carbocycles. The summed E-state index contributed by atoms with van der Waals surface area (Å²) in [7, 11) is -3.10. The smallest absolute Gasteiger partial charge is 0.127 e. The van der Waals surface area contributed by atoms with Gasteiger partial charge in [-0.1, -0.05) is 114 Å². The first-order chi connectivity index (χ1) is 17.6. The summed E-state index contributed by atoms with van der Waals surface area (Å²) in [6, 6.07) is 8.83. The van der Waals surface area contributed by atoms with Gasteiger partial charge in [0.05, 0.1) is 28.2 Å². The summed E-state index contributed by atoms with van der Waals surface area (Å²) >= 11 is 0. The lowest BCUT2D eigenvalue weighted by atomic mass is 9.91. The van der Waals surface area contributed by atoms with Crippen molar-refractivity contribution in [2.75, 3.05) is 0 Å². The van der Waals surface area contributed by atoms with Crippen LogP contribution in [0, 0.1) is 0 Å². The molecule has 2 aromatic rings. The topological polar surface area (TPSA) is 65.2 Å². The monoisotopic (exact) mass is 550 g/mol. The van der Waals surface area contributed by atoms with E-state index in [0.29, 0.717) is 11.5 Å². The van der Waals surface area contributed by atoms with Crippen LogP contribution in [0.5, 0.6) is 11.5 Å². The number of hydrogen-bond donors (Lipinski definition) is 2. The number of nitrogens with zero attached hydrogens (tertiary/aromatic N) is 2. The van der Waals surface area contributed by atoms with Crippen LogP contribution < -0.4 is 10.4 Å². The number of rotatable bonds is 8. The van der Waals surface area contributed by atoms with Gasteiger partial charge in [0.25, 0.3) is 0 Å². The van der Waals surface area contributed by atoms with E-state index in [2.05, 4.69) is 91.2 Å². The summed E-state index contributed by atoms with van der Waals surface area (Å²) in [6.07, 6.45) is 8.04. The highest BCUT2D eigenvalue weighted by Gasteiger charge is 2.26. The molecule has 0 aliphatic heterocycles. The molecule has 0 amide bonds. The number of benzene rings is 2. The minimum atomic E-state index is -1.55. The zero-order valence-corrected chi connectivity index (χ0v) is 27.4. The van der Waals surface area contributed by atoms with Gasteiger partial charge >= 0.3 is 0 Å². The quantitative estimate of drug-likeness (QED) is 0.268. The van der Waals surface area contributed by atoms with Crippen molar-refractivity contribution in [2.24, 2.45) is 9.98 Å². The van der Waals surface area contributed by atoms with E-state index in [1.54, 1.807) is 0 Å². The average molecular weight is 551 g/mol. The molecule has 0 spiro atoms. The Morgan fingerprint density at radius 1 is 0.658 bits per heavy atom. The molecule has 2 N–H and O–H groups in total. The fraction of sp³-hybridized carbons (Fsp3) is 0.562. The van der Waals surface area contributed by atoms with Crippen molar-refractivity contribution in [3.8, 4) is 11.5 Å². The number of aliphatic imine (C=N–C) groups is 2. The van der Waals surface area contributed by atoms with Crippen molar-refractivity contribution in [3.63, 3.8) is 0 Å². The van der Waals surface area contributed by atoms with Gasteiger partial charge in [-0.15, -0.1) is 0 Å². The number of hydrogen-bond acceptors (Lipinski definition) is 4. The predicted octanol–water partition coefficient (Wildman–Crippen LogP) is 7.28. The fourth-order valence-corrected chi connectivity index (χ4v) is 7.45. The van der Waals surface area contributed by atoms with Crippen molar-refractivity contribution in [2.45, 2.75) is 117 Å². The molecule has 0 aromatic heterocycles. The predicted molar refractivity (Wildman–Crippen MR) is 172 cm³/mol. The molecule has 1 saturated carbocycles. The second-order valence-electron chi connectivity index (χ2n) is 13.8. The van der Waals surface area contributed by atoms with Crippen molar-refractivity contribution < 1.29 is 10.2 Å². The average Bonchev–Trinajstić information content (AvgIpc) is 2.81. The van der Waals surface area contributed by atoms with Crippen molar-refractivity contribution >= 4 is 39.0 Å². The summed E-state index contributed by atoms with van der Waals surface area (Å²) in [5.41, 5.74) is 3.65. The van der Waals surface area contributed by atoms with Gasteiger partial charge in [-0.3, -0.25) is 9.98 Å². The van der Waals surface area contributed by atoms with Crippen LogP contribution in [-0.4, -0.2) is 50.9 Å². The number of aromatic hydroxyl groups is 2. The largest absolute Gasteiger partial charge is 0.507 e. The molecule has 208 valence electrons. The van der Waals surface area contributed by atoms with E-state index in [4.69, 9.17) is 9.98 Å². The molecule has 38 heavy (non-hydrogen) atoms. The Kier molecular flexibility index (Phi) is 9.51. The van der Waals surface area contributed by atoms with Crippen LogP contribution in [0.25, 0.3) is 0 Å². The van der Waals surface area contributed by atoms with E-state index in [1.807, 2.05) is 12.4 Å². The van der Waals surface area contributed by atoms with E-state index >= 15 is 0 Å². The lowest BCUT2D eigenvalue weighted by Crippen LogP contribution is -2.38. The molecule has 2 atom stereocenters. The second kappa shape index (κ2) is 11.9. The van der Waals surface area contributed by atoms with Gasteiger partial charge < -0.3 is 10.2 Å². The summed E-state index contributed by atoms with van der Waals surface area (Å²) in [5.74, 6) is 1.22. The lowest BCUT2D eigenvalue weighted by Gasteiger charge is -2.26. The molecule has 0 saturated heterocycles. The van der Waals surface area contributed by atoms with Crippen LogP contribution in [0.15, 0.2) is 34.3 Å². The molecule has 2 unspecified atom stereocenters. The maximum atomic E-state index is 11.1. The highest BCUT2D eigenvalue weighted by Crippen LogP contribution is 2.31. The molecule has 1 fully saturated rings. The summed E-state index contributed by atoms with van der Waals surface area (Å²) in [4.78, 5) is 10.0. The zero-order chi connectivity index (χ0) is 28.4. The summed E-state index contributed by atoms with van der Waals surface area (Å²) in [5, 5.41) is 24.8. The number of phenolic OH excluding ortho intramolecular Hbond substituents is 2. The molecule has 0 radical (unpaired) electrons. The standard InChI is InChI=1S/C32H50N2O2Si2/c1-21(2)27-17-25(37(5,6)7)15-23(31(27)35)19-33-29-13-11-12-14-30(29)34-20-24-16-26(38(8,9)10)18-28(22(3)4)32(24)36/h15-22,29-30,35-36H,11-14H2,1-10H3. The van der Waals surface area contributed by atoms with Crippen molar-refractivity contribution in [3.05, 3.63) is 46.5 Å². The molecule has 6 heteroatoms. The molecular weight excluding hydrogens is 501 g/mol. The fourth-order valence-electron chi connectivity index (χ4n) is 5.09. The highest BCUT2D eigenvalue weighted by atomic mass is 28.3. The summed E-state index contributed by atoms with van der Waals surface area (Å²) < 4.78 is 0. The third-order valence-corrected chi connectivity index (χ3v) is 11.9. The molecule has 4 nitrogen and oxygen atoms in total. The van der Waals surface area contributed by atoms with Gasteiger partial charge in [-0.25, -0.2) is 0 Å². The van der Waals surface area contributed by atoms with Gasteiger partial charge in [0.2, 0.25) is 0 Å². The Hall–Kier alpha value is -2.19. The van der Waals surface area contributed by atoms with Gasteiger partial charge in [0.15, 0.2) is 0 Å². The van der Waals surface area contributed by atoms with Crippen LogP contribution in [0.2, 0.25) is 39.3 Å². The Labute approximate surface area is 233 Å². The second-order valence-corrected chi connectivity index (χ2v) is 23.9. The van der Waals surface area contributed by atoms with Crippen LogP contribution in [0.3, 0.4) is 0 Å². The van der Waals surface area contributed by atoms with E-state index in [9.17, 15) is 10.2 Å². The first-order valence-electron chi connectivity index (χ1n) is 14.4. The van der Waals surface area contributed by atoms with Crippen molar-refractivity contribution in [1.82, 2.24) is 0 Å². The molecular formula is C32H50N2O2Si2. The third kappa shape index (κ3) is 7.26. The van der Waals surface area contributed by atoms with Crippen molar-refractivity contribution in [1.29, 1.82) is 0 Å². The SMILES string of the molecule is CC(C)c1cc([Si](C)(C)C)cc(C=NC2CCCCC2N=Cc2cc([Si](C)(C)C)cc(C(C)C)c2O)c1O. The van der Waals surface area contributed by atoms with E-state index in [0.717, 1.165) is 47.9 Å². The molecule has 0 heterocycles. The number of phenols is 2. The van der Waals surface area contributed by atoms with Gasteiger partial charge in [-0.05, 0) is 35.8 Å². The van der Waals surface area contributed by atoms with Gasteiger partial charge in [0, 0.05) is 23.6 Å². The van der Waals surface area contributed by atoms with E-state index < -0.39 is 16.1 Å². The maximum absolute atomic E-state index is 11.1. The minimum absolute atomic E-state index is 0.0734. The molecule has 0 bridgehead atoms. The lowest BCUT2D eigenvalue weighted by molar-refractivity contribution is 0.390. The minimum Gasteiger partial charge on any atom is -0.507 e.